The number of carbonyl (C=O) groups excluding carboxylic acids is 1. The van der Waals surface area contributed by atoms with Crippen LogP contribution >= 0.6 is 0 Å². The van der Waals surface area contributed by atoms with E-state index in [1.807, 2.05) is 18.5 Å². The highest BCUT2D eigenvalue weighted by Crippen LogP contribution is 2.31. The minimum absolute atomic E-state index is 0.0639. The summed E-state index contributed by atoms with van der Waals surface area (Å²) in [5.74, 6) is 0.460. The van der Waals surface area contributed by atoms with Crippen molar-refractivity contribution >= 4 is 23.2 Å². The quantitative estimate of drug-likeness (QED) is 0.569. The third-order valence-electron chi connectivity index (χ3n) is 5.59. The van der Waals surface area contributed by atoms with E-state index in [0.717, 1.165) is 38.5 Å². The zero-order valence-corrected chi connectivity index (χ0v) is 17.7. The van der Waals surface area contributed by atoms with Crippen molar-refractivity contribution in [2.75, 3.05) is 29.0 Å². The van der Waals surface area contributed by atoms with E-state index in [-0.39, 0.29) is 24.0 Å². The van der Waals surface area contributed by atoms with Gasteiger partial charge >= 0.3 is 5.69 Å². The van der Waals surface area contributed by atoms with E-state index in [4.69, 9.17) is 5.73 Å². The van der Waals surface area contributed by atoms with Crippen LogP contribution in [0.2, 0.25) is 0 Å². The molecule has 2 aromatic heterocycles. The highest BCUT2D eigenvalue weighted by molar-refractivity contribution is 5.93. The van der Waals surface area contributed by atoms with Gasteiger partial charge in [-0.25, -0.2) is 9.48 Å². The second-order valence-electron chi connectivity index (χ2n) is 7.66. The largest absolute Gasteiger partial charge is 0.383 e. The number of nitrogens with zero attached hydrogens (tertiary/aromatic N) is 4. The summed E-state index contributed by atoms with van der Waals surface area (Å²) < 4.78 is 3.23. The number of carbonyl (C=O) groups is 1. The summed E-state index contributed by atoms with van der Waals surface area (Å²) in [4.78, 5) is 41.3. The summed E-state index contributed by atoms with van der Waals surface area (Å²) in [7, 11) is 0. The Hall–Kier alpha value is -3.04. The third-order valence-corrected chi connectivity index (χ3v) is 5.59. The van der Waals surface area contributed by atoms with Crippen molar-refractivity contribution in [3.63, 3.8) is 0 Å². The topological polar surface area (TPSA) is 131 Å². The Morgan fingerprint density at radius 1 is 1.33 bits per heavy atom. The number of nitrogen functional groups attached to an aromatic ring is 1. The first-order valence-corrected chi connectivity index (χ1v) is 10.7. The molecular formula is C20H31N7O3. The van der Waals surface area contributed by atoms with Gasteiger partial charge in [-0.3, -0.25) is 19.1 Å². The predicted molar refractivity (Wildman–Crippen MR) is 117 cm³/mol. The van der Waals surface area contributed by atoms with Crippen molar-refractivity contribution < 1.29 is 4.79 Å². The summed E-state index contributed by atoms with van der Waals surface area (Å²) in [5.41, 5.74) is 5.20. The van der Waals surface area contributed by atoms with Gasteiger partial charge in [-0.1, -0.05) is 26.2 Å². The van der Waals surface area contributed by atoms with Gasteiger partial charge in [0.1, 0.15) is 17.3 Å². The lowest BCUT2D eigenvalue weighted by atomic mass is 10.2. The Labute approximate surface area is 175 Å². The molecule has 1 amide bonds. The summed E-state index contributed by atoms with van der Waals surface area (Å²) >= 11 is 0. The van der Waals surface area contributed by atoms with Gasteiger partial charge < -0.3 is 16.0 Å². The maximum absolute atomic E-state index is 12.8. The smallest absolute Gasteiger partial charge is 0.330 e. The number of hydrogen-bond donors (Lipinski definition) is 3. The van der Waals surface area contributed by atoms with Crippen LogP contribution < -0.4 is 27.2 Å². The standard InChI is InChI=1S/C20H31N7O3/c1-3-5-12-26-18(21)17(19(29)24-20(26)30)25(4-2)13-16(28)23-15-10-11-22-27(15)14-8-6-7-9-14/h10-11,14H,3-9,12-13,21H2,1-2H3,(H,23,28)(H,24,29,30). The number of aromatic amines is 1. The number of rotatable bonds is 9. The molecule has 0 radical (unpaired) electrons. The number of hydrogen-bond acceptors (Lipinski definition) is 6. The number of aromatic nitrogens is 4. The monoisotopic (exact) mass is 417 g/mol. The first-order chi connectivity index (χ1) is 14.5. The molecule has 10 nitrogen and oxygen atoms in total. The zero-order valence-electron chi connectivity index (χ0n) is 17.7. The molecule has 0 spiro atoms. The SMILES string of the molecule is CCCCn1c(N)c(N(CC)CC(=O)Nc2ccnn2C2CCCC2)c(=O)[nH]c1=O. The van der Waals surface area contributed by atoms with Crippen LogP contribution in [0.25, 0.3) is 0 Å². The molecule has 3 rings (SSSR count). The zero-order chi connectivity index (χ0) is 21.7. The number of nitrogens with two attached hydrogens (primary N) is 1. The number of H-pyrrole nitrogens is 1. The van der Waals surface area contributed by atoms with E-state index in [0.29, 0.717) is 24.9 Å². The van der Waals surface area contributed by atoms with E-state index in [1.165, 1.54) is 4.57 Å². The number of nitrogens with one attached hydrogen (secondary N) is 2. The Balaban J connectivity index is 1.79. The van der Waals surface area contributed by atoms with Crippen LogP contribution in [0, 0.1) is 0 Å². The van der Waals surface area contributed by atoms with E-state index >= 15 is 0 Å². The normalized spacial score (nSPS) is 14.2. The molecule has 0 bridgehead atoms. The molecule has 30 heavy (non-hydrogen) atoms. The average Bonchev–Trinajstić information content (AvgIpc) is 3.38. The highest BCUT2D eigenvalue weighted by Gasteiger charge is 2.23. The second-order valence-corrected chi connectivity index (χ2v) is 7.66. The number of anilines is 3. The summed E-state index contributed by atoms with van der Waals surface area (Å²) in [6.45, 7) is 4.57. The van der Waals surface area contributed by atoms with Gasteiger partial charge in [-0.15, -0.1) is 0 Å². The molecule has 1 saturated carbocycles. The molecule has 0 aromatic carbocycles. The maximum Gasteiger partial charge on any atom is 0.330 e. The first-order valence-electron chi connectivity index (χ1n) is 10.7. The molecule has 0 unspecified atom stereocenters. The fourth-order valence-electron chi connectivity index (χ4n) is 3.98. The lowest BCUT2D eigenvalue weighted by Crippen LogP contribution is -2.41. The van der Waals surface area contributed by atoms with Crippen LogP contribution in [0.1, 0.15) is 58.4 Å². The third kappa shape index (κ3) is 4.58. The maximum atomic E-state index is 12.8. The number of unbranched alkanes of at least 4 members (excludes halogenated alkanes) is 1. The van der Waals surface area contributed by atoms with Gasteiger partial charge in [0.2, 0.25) is 5.91 Å². The predicted octanol–water partition coefficient (Wildman–Crippen LogP) is 1.70. The van der Waals surface area contributed by atoms with Gasteiger partial charge in [0, 0.05) is 19.2 Å². The van der Waals surface area contributed by atoms with Gasteiger partial charge in [-0.05, 0) is 26.2 Å². The van der Waals surface area contributed by atoms with Crippen molar-refractivity contribution in [1.82, 2.24) is 19.3 Å². The summed E-state index contributed by atoms with van der Waals surface area (Å²) in [6.07, 6.45) is 7.75. The molecule has 0 saturated heterocycles. The number of likely N-dealkylation sites (N-methyl/N-ethyl adjacent to an activating group) is 1. The fourth-order valence-corrected chi connectivity index (χ4v) is 3.98. The van der Waals surface area contributed by atoms with Crippen molar-refractivity contribution in [2.24, 2.45) is 0 Å². The second kappa shape index (κ2) is 9.64. The highest BCUT2D eigenvalue weighted by atomic mass is 16.2. The van der Waals surface area contributed by atoms with Crippen molar-refractivity contribution in [3.8, 4) is 0 Å². The van der Waals surface area contributed by atoms with Crippen molar-refractivity contribution in [1.29, 1.82) is 0 Å². The molecule has 4 N–H and O–H groups in total. The molecule has 1 fully saturated rings. The number of amides is 1. The molecule has 164 valence electrons. The van der Waals surface area contributed by atoms with Crippen LogP contribution in [0.3, 0.4) is 0 Å². The Bertz CT molecular complexity index is 985. The van der Waals surface area contributed by atoms with Crippen molar-refractivity contribution in [3.05, 3.63) is 33.1 Å². The molecule has 0 aliphatic heterocycles. The van der Waals surface area contributed by atoms with Crippen LogP contribution in [0.15, 0.2) is 21.9 Å². The Kier molecular flexibility index (Phi) is 6.96. The van der Waals surface area contributed by atoms with E-state index in [9.17, 15) is 14.4 Å². The molecular weight excluding hydrogens is 386 g/mol. The average molecular weight is 418 g/mol. The van der Waals surface area contributed by atoms with Crippen LogP contribution in [-0.2, 0) is 11.3 Å². The summed E-state index contributed by atoms with van der Waals surface area (Å²) in [6, 6.07) is 2.08. The Morgan fingerprint density at radius 3 is 2.73 bits per heavy atom. The van der Waals surface area contributed by atoms with Crippen LogP contribution in [0.5, 0.6) is 0 Å². The molecule has 2 heterocycles. The summed E-state index contributed by atoms with van der Waals surface area (Å²) in [5, 5.41) is 7.26. The molecule has 2 aromatic rings. The Morgan fingerprint density at radius 2 is 2.07 bits per heavy atom. The minimum atomic E-state index is -0.587. The van der Waals surface area contributed by atoms with Gasteiger partial charge in [-0.2, -0.15) is 5.10 Å². The van der Waals surface area contributed by atoms with Gasteiger partial charge in [0.25, 0.3) is 5.56 Å². The lowest BCUT2D eigenvalue weighted by molar-refractivity contribution is -0.115. The molecule has 0 atom stereocenters. The van der Waals surface area contributed by atoms with Crippen LogP contribution in [-0.4, -0.2) is 38.3 Å². The first kappa shape index (κ1) is 21.7. The molecule has 1 aliphatic carbocycles. The van der Waals surface area contributed by atoms with E-state index < -0.39 is 11.2 Å². The molecule has 1 aliphatic rings. The van der Waals surface area contributed by atoms with Gasteiger partial charge in [0.05, 0.1) is 18.8 Å². The van der Waals surface area contributed by atoms with Gasteiger partial charge in [0.15, 0.2) is 0 Å². The van der Waals surface area contributed by atoms with Crippen molar-refractivity contribution in [2.45, 2.75) is 65.0 Å². The van der Waals surface area contributed by atoms with E-state index in [1.54, 1.807) is 17.2 Å². The minimum Gasteiger partial charge on any atom is -0.383 e. The lowest BCUT2D eigenvalue weighted by Gasteiger charge is -2.24. The van der Waals surface area contributed by atoms with E-state index in [2.05, 4.69) is 15.4 Å². The fraction of sp³-hybridized carbons (Fsp3) is 0.600. The van der Waals surface area contributed by atoms with Crippen LogP contribution in [0.4, 0.5) is 17.3 Å². The molecule has 10 heteroatoms.